The molecular formula is C11H7N5O2. The normalized spacial score (nSPS) is 10.4. The minimum atomic E-state index is -0.0262. The van der Waals surface area contributed by atoms with Crippen LogP contribution in [0.4, 0.5) is 0 Å². The van der Waals surface area contributed by atoms with Crippen LogP contribution in [0, 0.1) is 0 Å². The van der Waals surface area contributed by atoms with Crippen LogP contribution in [0.1, 0.15) is 0 Å². The van der Waals surface area contributed by atoms with Crippen molar-refractivity contribution in [2.75, 3.05) is 0 Å². The van der Waals surface area contributed by atoms with E-state index in [-0.39, 0.29) is 23.2 Å². The fraction of sp³-hybridized carbons (Fsp3) is 0. The molecule has 7 heteroatoms. The largest absolute Gasteiger partial charge is 0.505 e. The second-order valence-electron chi connectivity index (χ2n) is 3.37. The van der Waals surface area contributed by atoms with Gasteiger partial charge in [-0.05, 0) is 18.2 Å². The Labute approximate surface area is 101 Å². The van der Waals surface area contributed by atoms with Crippen molar-refractivity contribution in [1.82, 2.24) is 25.1 Å². The fourth-order valence-corrected chi connectivity index (χ4v) is 1.39. The first kappa shape index (κ1) is 10.3. The third-order valence-corrected chi connectivity index (χ3v) is 2.18. The van der Waals surface area contributed by atoms with E-state index in [1.165, 1.54) is 12.3 Å². The van der Waals surface area contributed by atoms with E-state index in [1.54, 1.807) is 24.5 Å². The van der Waals surface area contributed by atoms with Crippen LogP contribution >= 0.6 is 0 Å². The Morgan fingerprint density at radius 2 is 1.72 bits per heavy atom. The second kappa shape index (κ2) is 4.21. The molecule has 3 rings (SSSR count). The molecule has 18 heavy (non-hydrogen) atoms. The van der Waals surface area contributed by atoms with Crippen molar-refractivity contribution in [1.29, 1.82) is 0 Å². The molecular weight excluding hydrogens is 234 g/mol. The molecule has 0 aliphatic rings. The van der Waals surface area contributed by atoms with Crippen molar-refractivity contribution in [3.05, 3.63) is 36.8 Å². The molecule has 3 aromatic heterocycles. The van der Waals surface area contributed by atoms with Gasteiger partial charge in [-0.25, -0.2) is 15.0 Å². The van der Waals surface area contributed by atoms with Crippen LogP contribution in [-0.4, -0.2) is 30.2 Å². The number of nitrogens with zero attached hydrogens (tertiary/aromatic N) is 5. The standard InChI is InChI=1S/C11H7N5O2/c17-7-3-1-4-12-8(7)11-15-10(16-18-11)9-13-5-2-6-14-9/h1-6,17H. The Morgan fingerprint density at radius 3 is 2.50 bits per heavy atom. The Kier molecular flexibility index (Phi) is 2.41. The molecule has 88 valence electrons. The molecule has 0 aromatic carbocycles. The summed E-state index contributed by atoms with van der Waals surface area (Å²) in [7, 11) is 0. The predicted octanol–water partition coefficient (Wildman–Crippen LogP) is 1.29. The van der Waals surface area contributed by atoms with Crippen molar-refractivity contribution in [2.24, 2.45) is 0 Å². The van der Waals surface area contributed by atoms with Gasteiger partial charge in [0.05, 0.1) is 0 Å². The zero-order valence-electron chi connectivity index (χ0n) is 9.06. The summed E-state index contributed by atoms with van der Waals surface area (Å²) in [6, 6.07) is 4.79. The average molecular weight is 241 g/mol. The Balaban J connectivity index is 2.03. The third kappa shape index (κ3) is 1.77. The van der Waals surface area contributed by atoms with E-state index in [0.29, 0.717) is 5.82 Å². The molecule has 0 radical (unpaired) electrons. The number of pyridine rings is 1. The minimum Gasteiger partial charge on any atom is -0.505 e. The molecule has 0 saturated heterocycles. The maximum Gasteiger partial charge on any atom is 0.280 e. The molecule has 0 aliphatic heterocycles. The molecule has 0 bridgehead atoms. The van der Waals surface area contributed by atoms with Crippen LogP contribution in [0.15, 0.2) is 41.3 Å². The van der Waals surface area contributed by atoms with E-state index < -0.39 is 0 Å². The highest BCUT2D eigenvalue weighted by atomic mass is 16.5. The van der Waals surface area contributed by atoms with Gasteiger partial charge >= 0.3 is 0 Å². The van der Waals surface area contributed by atoms with Crippen LogP contribution in [0.5, 0.6) is 5.75 Å². The molecule has 0 saturated carbocycles. The van der Waals surface area contributed by atoms with Crippen LogP contribution < -0.4 is 0 Å². The summed E-state index contributed by atoms with van der Waals surface area (Å²) in [4.78, 5) is 16.1. The van der Waals surface area contributed by atoms with Crippen LogP contribution in [0.2, 0.25) is 0 Å². The molecule has 0 unspecified atom stereocenters. The van der Waals surface area contributed by atoms with E-state index in [0.717, 1.165) is 0 Å². The summed E-state index contributed by atoms with van der Waals surface area (Å²) in [5.41, 5.74) is 0.229. The number of hydrogen-bond acceptors (Lipinski definition) is 7. The van der Waals surface area contributed by atoms with Gasteiger partial charge in [-0.2, -0.15) is 4.98 Å². The van der Waals surface area contributed by atoms with Crippen molar-refractivity contribution < 1.29 is 9.63 Å². The van der Waals surface area contributed by atoms with Crippen LogP contribution in [0.25, 0.3) is 23.2 Å². The molecule has 7 nitrogen and oxygen atoms in total. The Morgan fingerprint density at radius 1 is 0.944 bits per heavy atom. The van der Waals surface area contributed by atoms with Crippen LogP contribution in [0.3, 0.4) is 0 Å². The summed E-state index contributed by atoms with van der Waals surface area (Å²) < 4.78 is 5.02. The van der Waals surface area contributed by atoms with Gasteiger partial charge in [-0.3, -0.25) is 0 Å². The molecule has 3 aromatic rings. The van der Waals surface area contributed by atoms with Gasteiger partial charge < -0.3 is 9.63 Å². The van der Waals surface area contributed by atoms with Crippen LogP contribution in [-0.2, 0) is 0 Å². The zero-order chi connectivity index (χ0) is 12.4. The number of aromatic nitrogens is 5. The van der Waals surface area contributed by atoms with E-state index >= 15 is 0 Å². The summed E-state index contributed by atoms with van der Waals surface area (Å²) in [5, 5.41) is 13.4. The topological polar surface area (TPSA) is 97.8 Å². The van der Waals surface area contributed by atoms with Crippen molar-refractivity contribution >= 4 is 0 Å². The number of hydrogen-bond donors (Lipinski definition) is 1. The lowest BCUT2D eigenvalue weighted by Gasteiger charge is -1.95. The smallest absolute Gasteiger partial charge is 0.280 e. The van der Waals surface area contributed by atoms with Gasteiger partial charge in [0.15, 0.2) is 5.69 Å². The van der Waals surface area contributed by atoms with E-state index in [2.05, 4.69) is 25.1 Å². The second-order valence-corrected chi connectivity index (χ2v) is 3.37. The Hall–Kier alpha value is -2.83. The zero-order valence-corrected chi connectivity index (χ0v) is 9.06. The van der Waals surface area contributed by atoms with Gasteiger partial charge in [0.1, 0.15) is 5.75 Å². The monoisotopic (exact) mass is 241 g/mol. The predicted molar refractivity (Wildman–Crippen MR) is 60.2 cm³/mol. The van der Waals surface area contributed by atoms with Gasteiger partial charge in [0.25, 0.3) is 5.89 Å². The average Bonchev–Trinajstić information content (AvgIpc) is 2.90. The maximum absolute atomic E-state index is 9.62. The van der Waals surface area contributed by atoms with E-state index in [1.807, 2.05) is 0 Å². The summed E-state index contributed by atoms with van der Waals surface area (Å²) in [5.74, 6) is 0.691. The summed E-state index contributed by atoms with van der Waals surface area (Å²) in [6.07, 6.45) is 4.69. The molecule has 3 heterocycles. The maximum atomic E-state index is 9.62. The van der Waals surface area contributed by atoms with Gasteiger partial charge in [0, 0.05) is 18.6 Å². The molecule has 0 aliphatic carbocycles. The Bertz CT molecular complexity index is 668. The van der Waals surface area contributed by atoms with E-state index in [9.17, 15) is 5.11 Å². The van der Waals surface area contributed by atoms with Crippen molar-refractivity contribution in [3.8, 4) is 29.0 Å². The number of aromatic hydroxyl groups is 1. The summed E-state index contributed by atoms with van der Waals surface area (Å²) in [6.45, 7) is 0. The lowest BCUT2D eigenvalue weighted by atomic mass is 10.3. The van der Waals surface area contributed by atoms with Crippen molar-refractivity contribution in [3.63, 3.8) is 0 Å². The van der Waals surface area contributed by atoms with Crippen molar-refractivity contribution in [2.45, 2.75) is 0 Å². The lowest BCUT2D eigenvalue weighted by molar-refractivity contribution is 0.423. The first-order chi connectivity index (χ1) is 8.84. The minimum absolute atomic E-state index is 0.0262. The molecule has 0 spiro atoms. The summed E-state index contributed by atoms with van der Waals surface area (Å²) >= 11 is 0. The molecule has 1 N–H and O–H groups in total. The first-order valence-electron chi connectivity index (χ1n) is 5.10. The highest BCUT2D eigenvalue weighted by molar-refractivity contribution is 5.58. The molecule has 0 fully saturated rings. The highest BCUT2D eigenvalue weighted by Crippen LogP contribution is 2.25. The van der Waals surface area contributed by atoms with Gasteiger partial charge in [0.2, 0.25) is 11.6 Å². The highest BCUT2D eigenvalue weighted by Gasteiger charge is 2.15. The third-order valence-electron chi connectivity index (χ3n) is 2.18. The number of rotatable bonds is 2. The SMILES string of the molecule is Oc1cccnc1-c1nc(-c2ncccn2)no1. The van der Waals surface area contributed by atoms with E-state index in [4.69, 9.17) is 4.52 Å². The van der Waals surface area contributed by atoms with Gasteiger partial charge in [-0.1, -0.05) is 5.16 Å². The first-order valence-corrected chi connectivity index (χ1v) is 5.10. The fourth-order valence-electron chi connectivity index (χ4n) is 1.39. The van der Waals surface area contributed by atoms with Gasteiger partial charge in [-0.15, -0.1) is 0 Å². The lowest BCUT2D eigenvalue weighted by Crippen LogP contribution is -1.89. The molecule has 0 atom stereocenters. The molecule has 0 amide bonds. The quantitative estimate of drug-likeness (QED) is 0.721.